The Morgan fingerprint density at radius 3 is 2.43 bits per heavy atom. The van der Waals surface area contributed by atoms with E-state index in [1.807, 2.05) is 6.92 Å². The molecule has 2 rings (SSSR count). The van der Waals surface area contributed by atoms with Crippen LogP contribution in [0.2, 0.25) is 0 Å². The van der Waals surface area contributed by atoms with Gasteiger partial charge in [-0.1, -0.05) is 6.42 Å². The Balaban J connectivity index is 1.82. The summed E-state index contributed by atoms with van der Waals surface area (Å²) in [5.41, 5.74) is 4.97. The molecule has 2 bridgehead atoms. The SMILES string of the molecule is CC(NC(=O)N[C@H](CC(N)=O)C(=O)O)C1CC2CCC1C2. The maximum Gasteiger partial charge on any atom is 0.326 e. The van der Waals surface area contributed by atoms with Gasteiger partial charge in [-0.2, -0.15) is 0 Å². The Bertz CT molecular complexity index is 440. The van der Waals surface area contributed by atoms with Crippen molar-refractivity contribution < 1.29 is 19.5 Å². The Hall–Kier alpha value is -1.79. The minimum atomic E-state index is -1.28. The minimum absolute atomic E-state index is 0.00308. The molecule has 3 amide bonds. The zero-order valence-corrected chi connectivity index (χ0v) is 12.2. The number of aliphatic carboxylic acids is 1. The number of primary amides is 1. The summed E-state index contributed by atoms with van der Waals surface area (Å²) >= 11 is 0. The smallest absolute Gasteiger partial charge is 0.326 e. The second kappa shape index (κ2) is 6.32. The first-order valence-electron chi connectivity index (χ1n) is 7.45. The number of nitrogens with two attached hydrogens (primary N) is 1. The standard InChI is InChI=1S/C14H23N3O4/c1-7(10-5-8-2-3-9(10)4-8)16-14(21)17-11(13(19)20)6-12(15)18/h7-11H,2-6H2,1H3,(H2,15,18)(H,19,20)(H2,16,17,21)/t7?,8?,9?,10?,11-/m1/s1. The van der Waals surface area contributed by atoms with Gasteiger partial charge in [0, 0.05) is 6.04 Å². The molecule has 2 fully saturated rings. The highest BCUT2D eigenvalue weighted by atomic mass is 16.4. The molecule has 5 N–H and O–H groups in total. The van der Waals surface area contributed by atoms with Crippen molar-refractivity contribution in [2.24, 2.45) is 23.5 Å². The van der Waals surface area contributed by atoms with E-state index in [2.05, 4.69) is 10.6 Å². The van der Waals surface area contributed by atoms with Gasteiger partial charge in [-0.15, -0.1) is 0 Å². The molecular weight excluding hydrogens is 274 g/mol. The maximum absolute atomic E-state index is 11.9. The van der Waals surface area contributed by atoms with Gasteiger partial charge in [-0.25, -0.2) is 9.59 Å². The molecule has 5 atom stereocenters. The molecule has 0 radical (unpaired) electrons. The average Bonchev–Trinajstić information content (AvgIpc) is 2.99. The van der Waals surface area contributed by atoms with Crippen LogP contribution in [0.15, 0.2) is 0 Å². The van der Waals surface area contributed by atoms with E-state index in [4.69, 9.17) is 10.8 Å². The summed E-state index contributed by atoms with van der Waals surface area (Å²) in [6.45, 7) is 1.95. The topological polar surface area (TPSA) is 122 Å². The number of carboxylic acids is 1. The van der Waals surface area contributed by atoms with Crippen molar-refractivity contribution >= 4 is 17.9 Å². The Kier molecular flexibility index (Phi) is 4.69. The van der Waals surface area contributed by atoms with Crippen LogP contribution >= 0.6 is 0 Å². The molecule has 0 spiro atoms. The van der Waals surface area contributed by atoms with Crippen molar-refractivity contribution in [3.05, 3.63) is 0 Å². The highest BCUT2D eigenvalue weighted by Crippen LogP contribution is 2.49. The lowest BCUT2D eigenvalue weighted by molar-refractivity contribution is -0.140. The molecule has 4 unspecified atom stereocenters. The van der Waals surface area contributed by atoms with Crippen LogP contribution < -0.4 is 16.4 Å². The van der Waals surface area contributed by atoms with Crippen LogP contribution in [-0.2, 0) is 9.59 Å². The molecule has 118 valence electrons. The second-order valence-corrected chi connectivity index (χ2v) is 6.31. The van der Waals surface area contributed by atoms with Crippen molar-refractivity contribution in [3.63, 3.8) is 0 Å². The second-order valence-electron chi connectivity index (χ2n) is 6.31. The normalized spacial score (nSPS) is 29.7. The fourth-order valence-electron chi connectivity index (χ4n) is 3.82. The van der Waals surface area contributed by atoms with Gasteiger partial charge >= 0.3 is 12.0 Å². The number of urea groups is 1. The number of fused-ring (bicyclic) bond motifs is 2. The number of carbonyl (C=O) groups is 3. The molecule has 2 saturated carbocycles. The first-order valence-corrected chi connectivity index (χ1v) is 7.45. The number of rotatable bonds is 6. The Morgan fingerprint density at radius 2 is 1.95 bits per heavy atom. The van der Waals surface area contributed by atoms with E-state index in [-0.39, 0.29) is 6.04 Å². The van der Waals surface area contributed by atoms with E-state index < -0.39 is 30.4 Å². The van der Waals surface area contributed by atoms with Crippen LogP contribution in [0, 0.1) is 17.8 Å². The number of amides is 3. The van der Waals surface area contributed by atoms with Gasteiger partial charge in [-0.05, 0) is 43.9 Å². The van der Waals surface area contributed by atoms with Gasteiger partial charge in [0.15, 0.2) is 0 Å². The summed E-state index contributed by atoms with van der Waals surface area (Å²) in [4.78, 5) is 33.6. The molecule has 2 aliphatic rings. The number of carboxylic acid groups (broad SMARTS) is 1. The minimum Gasteiger partial charge on any atom is -0.480 e. The number of nitrogens with one attached hydrogen (secondary N) is 2. The molecule has 21 heavy (non-hydrogen) atoms. The summed E-state index contributed by atoms with van der Waals surface area (Å²) in [5.74, 6) is -0.102. The third-order valence-electron chi connectivity index (χ3n) is 4.80. The molecule has 2 aliphatic carbocycles. The van der Waals surface area contributed by atoms with E-state index in [1.165, 1.54) is 19.3 Å². The highest BCUT2D eigenvalue weighted by molar-refractivity contribution is 5.87. The number of carbonyl (C=O) groups excluding carboxylic acids is 2. The molecule has 7 heteroatoms. The molecule has 0 aliphatic heterocycles. The summed E-state index contributed by atoms with van der Waals surface area (Å²) in [7, 11) is 0. The van der Waals surface area contributed by atoms with E-state index >= 15 is 0 Å². The molecule has 0 aromatic rings. The number of hydrogen-bond donors (Lipinski definition) is 4. The lowest BCUT2D eigenvalue weighted by Gasteiger charge is -2.29. The van der Waals surface area contributed by atoms with Crippen LogP contribution in [0.3, 0.4) is 0 Å². The molecule has 0 heterocycles. The molecule has 0 aromatic heterocycles. The Morgan fingerprint density at radius 1 is 1.24 bits per heavy atom. The van der Waals surface area contributed by atoms with Crippen LogP contribution in [0.25, 0.3) is 0 Å². The van der Waals surface area contributed by atoms with Crippen LogP contribution in [0.5, 0.6) is 0 Å². The van der Waals surface area contributed by atoms with Gasteiger partial charge in [0.2, 0.25) is 5.91 Å². The van der Waals surface area contributed by atoms with Crippen molar-refractivity contribution in [1.82, 2.24) is 10.6 Å². The van der Waals surface area contributed by atoms with Crippen LogP contribution in [0.1, 0.15) is 39.0 Å². The average molecular weight is 297 g/mol. The summed E-state index contributed by atoms with van der Waals surface area (Å²) in [5, 5.41) is 14.0. The first kappa shape index (κ1) is 15.6. The summed E-state index contributed by atoms with van der Waals surface area (Å²) in [6.07, 6.45) is 4.49. The van der Waals surface area contributed by atoms with Gasteiger partial charge in [0.05, 0.1) is 6.42 Å². The first-order chi connectivity index (χ1) is 9.86. The van der Waals surface area contributed by atoms with E-state index in [0.717, 1.165) is 12.3 Å². The van der Waals surface area contributed by atoms with Crippen LogP contribution in [0.4, 0.5) is 4.79 Å². The highest BCUT2D eigenvalue weighted by Gasteiger charge is 2.42. The lowest BCUT2D eigenvalue weighted by Crippen LogP contribution is -2.51. The summed E-state index contributed by atoms with van der Waals surface area (Å²) in [6, 6.07) is -1.84. The molecule has 0 saturated heterocycles. The van der Waals surface area contributed by atoms with Crippen LogP contribution in [-0.4, -0.2) is 35.1 Å². The summed E-state index contributed by atoms with van der Waals surface area (Å²) < 4.78 is 0. The van der Waals surface area contributed by atoms with Crippen molar-refractivity contribution in [2.75, 3.05) is 0 Å². The van der Waals surface area contributed by atoms with Crippen molar-refractivity contribution in [1.29, 1.82) is 0 Å². The molecule has 0 aromatic carbocycles. The predicted molar refractivity (Wildman–Crippen MR) is 75.3 cm³/mol. The largest absolute Gasteiger partial charge is 0.480 e. The predicted octanol–water partition coefficient (Wildman–Crippen LogP) is 0.439. The molecular formula is C14H23N3O4. The van der Waals surface area contributed by atoms with E-state index in [9.17, 15) is 14.4 Å². The van der Waals surface area contributed by atoms with Gasteiger partial charge in [0.1, 0.15) is 6.04 Å². The zero-order valence-electron chi connectivity index (χ0n) is 12.2. The quantitative estimate of drug-likeness (QED) is 0.568. The van der Waals surface area contributed by atoms with Crippen molar-refractivity contribution in [2.45, 2.75) is 51.1 Å². The monoisotopic (exact) mass is 297 g/mol. The molecule has 7 nitrogen and oxygen atoms in total. The Labute approximate surface area is 123 Å². The van der Waals surface area contributed by atoms with E-state index in [1.54, 1.807) is 0 Å². The zero-order chi connectivity index (χ0) is 15.6. The lowest BCUT2D eigenvalue weighted by atomic mass is 9.84. The number of hydrogen-bond acceptors (Lipinski definition) is 3. The third-order valence-corrected chi connectivity index (χ3v) is 4.80. The fourth-order valence-corrected chi connectivity index (χ4v) is 3.82. The maximum atomic E-state index is 11.9. The van der Waals surface area contributed by atoms with Gasteiger partial charge < -0.3 is 21.5 Å². The van der Waals surface area contributed by atoms with E-state index in [0.29, 0.717) is 11.8 Å². The van der Waals surface area contributed by atoms with Gasteiger partial charge in [0.25, 0.3) is 0 Å². The van der Waals surface area contributed by atoms with Gasteiger partial charge in [-0.3, -0.25) is 4.79 Å². The van der Waals surface area contributed by atoms with Crippen molar-refractivity contribution in [3.8, 4) is 0 Å². The third kappa shape index (κ3) is 3.86. The fraction of sp³-hybridized carbons (Fsp3) is 0.786.